The van der Waals surface area contributed by atoms with Crippen molar-refractivity contribution in [2.24, 2.45) is 4.99 Å². The Morgan fingerprint density at radius 3 is 2.11 bits per heavy atom. The summed E-state index contributed by atoms with van der Waals surface area (Å²) in [4.78, 5) is 2.75. The van der Waals surface area contributed by atoms with Crippen LogP contribution in [0.4, 0.5) is 32.0 Å². The van der Waals surface area contributed by atoms with E-state index in [1.807, 2.05) is 0 Å². The molecule has 0 aliphatic carbocycles. The van der Waals surface area contributed by atoms with Crippen molar-refractivity contribution in [3.8, 4) is 0 Å². The standard InChI is InChI=1S/C9H3BrClF6N/c10-4-1-2-6(5(3-4)8(12,13)14)18-7(11)9(15,16)17/h1-3H. The van der Waals surface area contributed by atoms with Gasteiger partial charge in [0.2, 0.25) is 5.17 Å². The molecule has 9 heteroatoms. The molecule has 0 saturated heterocycles. The fourth-order valence-corrected chi connectivity index (χ4v) is 1.45. The number of benzene rings is 1. The summed E-state index contributed by atoms with van der Waals surface area (Å²) in [7, 11) is 0. The Kier molecular flexibility index (Phi) is 4.32. The molecule has 0 heterocycles. The predicted molar refractivity (Wildman–Crippen MR) is 58.1 cm³/mol. The number of hydrogen-bond donors (Lipinski definition) is 0. The Morgan fingerprint density at radius 1 is 1.11 bits per heavy atom. The Balaban J connectivity index is 3.35. The van der Waals surface area contributed by atoms with Gasteiger partial charge in [0, 0.05) is 4.47 Å². The maximum Gasteiger partial charge on any atom is 0.444 e. The first-order valence-electron chi connectivity index (χ1n) is 4.20. The second-order valence-electron chi connectivity index (χ2n) is 3.06. The lowest BCUT2D eigenvalue weighted by molar-refractivity contribution is -0.137. The van der Waals surface area contributed by atoms with E-state index in [1.54, 1.807) is 0 Å². The first kappa shape index (κ1) is 15.3. The van der Waals surface area contributed by atoms with Crippen molar-refractivity contribution in [1.29, 1.82) is 0 Å². The summed E-state index contributed by atoms with van der Waals surface area (Å²) in [5.74, 6) is 0. The molecule has 1 rings (SSSR count). The van der Waals surface area contributed by atoms with Gasteiger partial charge in [0.1, 0.15) is 0 Å². The maximum atomic E-state index is 12.6. The zero-order valence-corrected chi connectivity index (χ0v) is 10.5. The number of nitrogens with zero attached hydrogens (tertiary/aromatic N) is 1. The van der Waals surface area contributed by atoms with E-state index in [9.17, 15) is 26.3 Å². The second-order valence-corrected chi connectivity index (χ2v) is 4.33. The van der Waals surface area contributed by atoms with Crippen LogP contribution in [0.5, 0.6) is 0 Å². The van der Waals surface area contributed by atoms with Gasteiger partial charge in [0.15, 0.2) is 0 Å². The summed E-state index contributed by atoms with van der Waals surface area (Å²) in [5.41, 5.74) is -2.20. The predicted octanol–water partition coefficient (Wildman–Crippen LogP) is 5.30. The van der Waals surface area contributed by atoms with Crippen LogP contribution in [0.15, 0.2) is 27.7 Å². The van der Waals surface area contributed by atoms with Crippen LogP contribution in [0.1, 0.15) is 5.56 Å². The van der Waals surface area contributed by atoms with Gasteiger partial charge in [-0.1, -0.05) is 27.5 Å². The Labute approximate surface area is 111 Å². The fourth-order valence-electron chi connectivity index (χ4n) is 1.00. The van der Waals surface area contributed by atoms with Gasteiger partial charge >= 0.3 is 12.4 Å². The highest BCUT2D eigenvalue weighted by Crippen LogP contribution is 2.38. The summed E-state index contributed by atoms with van der Waals surface area (Å²) in [6, 6.07) is 2.55. The molecule has 0 spiro atoms. The molecule has 18 heavy (non-hydrogen) atoms. The average Bonchev–Trinajstić information content (AvgIpc) is 2.17. The van der Waals surface area contributed by atoms with Crippen LogP contribution < -0.4 is 0 Å². The highest BCUT2D eigenvalue weighted by atomic mass is 79.9. The monoisotopic (exact) mass is 353 g/mol. The molecule has 0 amide bonds. The maximum absolute atomic E-state index is 12.6. The minimum absolute atomic E-state index is 0.0666. The van der Waals surface area contributed by atoms with E-state index in [2.05, 4.69) is 20.9 Å². The van der Waals surface area contributed by atoms with Crippen molar-refractivity contribution in [2.45, 2.75) is 12.4 Å². The smallest absolute Gasteiger partial charge is 0.232 e. The molecule has 0 radical (unpaired) electrons. The van der Waals surface area contributed by atoms with Gasteiger partial charge < -0.3 is 0 Å². The van der Waals surface area contributed by atoms with E-state index in [1.165, 1.54) is 0 Å². The molecule has 0 atom stereocenters. The van der Waals surface area contributed by atoms with Crippen molar-refractivity contribution in [2.75, 3.05) is 0 Å². The number of aliphatic imine (C=N–C) groups is 1. The SMILES string of the molecule is FC(F)(F)C(Cl)=Nc1ccc(Br)cc1C(F)(F)F. The highest BCUT2D eigenvalue weighted by molar-refractivity contribution is 9.10. The van der Waals surface area contributed by atoms with E-state index in [0.717, 1.165) is 12.1 Å². The third kappa shape index (κ3) is 3.88. The molecule has 0 aliphatic rings. The molecule has 1 nitrogen and oxygen atoms in total. The fraction of sp³-hybridized carbons (Fsp3) is 0.222. The molecule has 0 saturated carbocycles. The van der Waals surface area contributed by atoms with Crippen molar-refractivity contribution >= 4 is 38.4 Å². The van der Waals surface area contributed by atoms with E-state index in [4.69, 9.17) is 11.6 Å². The van der Waals surface area contributed by atoms with Crippen LogP contribution >= 0.6 is 27.5 Å². The normalized spacial score (nSPS) is 13.9. The first-order chi connectivity index (χ1) is 8.01. The van der Waals surface area contributed by atoms with Crippen LogP contribution in [0.2, 0.25) is 0 Å². The number of rotatable bonds is 1. The van der Waals surface area contributed by atoms with Gasteiger partial charge in [-0.05, 0) is 18.2 Å². The van der Waals surface area contributed by atoms with Crippen LogP contribution in [0.25, 0.3) is 0 Å². The molecule has 0 aromatic heterocycles. The van der Waals surface area contributed by atoms with Gasteiger partial charge in [-0.15, -0.1) is 0 Å². The summed E-state index contributed by atoms with van der Waals surface area (Å²) < 4.78 is 74.0. The van der Waals surface area contributed by atoms with Crippen LogP contribution in [0, 0.1) is 0 Å². The Hall–Kier alpha value is -0.760. The topological polar surface area (TPSA) is 12.4 Å². The quantitative estimate of drug-likeness (QED) is 0.479. The molecule has 0 N–H and O–H groups in total. The Morgan fingerprint density at radius 2 is 1.67 bits per heavy atom. The molecule has 0 unspecified atom stereocenters. The summed E-state index contributed by atoms with van der Waals surface area (Å²) >= 11 is 7.59. The van der Waals surface area contributed by atoms with E-state index < -0.39 is 28.8 Å². The second kappa shape index (κ2) is 5.08. The van der Waals surface area contributed by atoms with Gasteiger partial charge in [0.05, 0.1) is 11.3 Å². The zero-order valence-electron chi connectivity index (χ0n) is 8.20. The van der Waals surface area contributed by atoms with E-state index in [-0.39, 0.29) is 4.47 Å². The largest absolute Gasteiger partial charge is 0.444 e. The average molecular weight is 354 g/mol. The number of halogens is 8. The third-order valence-electron chi connectivity index (χ3n) is 1.72. The third-order valence-corrected chi connectivity index (χ3v) is 2.51. The molecule has 0 aliphatic heterocycles. The summed E-state index contributed by atoms with van der Waals surface area (Å²) in [6.45, 7) is 0. The molecule has 1 aromatic carbocycles. The minimum Gasteiger partial charge on any atom is -0.232 e. The number of alkyl halides is 6. The molecule has 0 bridgehead atoms. The number of hydrogen-bond acceptors (Lipinski definition) is 1. The van der Waals surface area contributed by atoms with Crippen molar-refractivity contribution in [3.63, 3.8) is 0 Å². The Bertz CT molecular complexity index is 479. The van der Waals surface area contributed by atoms with E-state index in [0.29, 0.717) is 6.07 Å². The van der Waals surface area contributed by atoms with Crippen LogP contribution in [0.3, 0.4) is 0 Å². The molecule has 1 aromatic rings. The van der Waals surface area contributed by atoms with Crippen LogP contribution in [-0.2, 0) is 6.18 Å². The van der Waals surface area contributed by atoms with Gasteiger partial charge in [0.25, 0.3) is 0 Å². The van der Waals surface area contributed by atoms with Gasteiger partial charge in [-0.25, -0.2) is 4.99 Å². The van der Waals surface area contributed by atoms with Crippen molar-refractivity contribution in [1.82, 2.24) is 0 Å². The highest BCUT2D eigenvalue weighted by Gasteiger charge is 2.37. The van der Waals surface area contributed by atoms with E-state index >= 15 is 0 Å². The zero-order chi connectivity index (χ0) is 14.1. The lowest BCUT2D eigenvalue weighted by Crippen LogP contribution is -2.17. The van der Waals surface area contributed by atoms with Crippen molar-refractivity contribution < 1.29 is 26.3 Å². The summed E-state index contributed by atoms with van der Waals surface area (Å²) in [5, 5.41) is -1.87. The van der Waals surface area contributed by atoms with Gasteiger partial charge in [-0.3, -0.25) is 0 Å². The lowest BCUT2D eigenvalue weighted by atomic mass is 10.2. The molecular formula is C9H3BrClF6N. The molecular weight excluding hydrogens is 351 g/mol. The van der Waals surface area contributed by atoms with Crippen LogP contribution in [-0.4, -0.2) is 11.3 Å². The first-order valence-corrected chi connectivity index (χ1v) is 5.37. The molecule has 0 fully saturated rings. The van der Waals surface area contributed by atoms with Gasteiger partial charge in [-0.2, -0.15) is 26.3 Å². The summed E-state index contributed by atoms with van der Waals surface area (Å²) in [6.07, 6.45) is -9.82. The lowest BCUT2D eigenvalue weighted by Gasteiger charge is -2.11. The molecule has 100 valence electrons. The van der Waals surface area contributed by atoms with Crippen molar-refractivity contribution in [3.05, 3.63) is 28.2 Å². The minimum atomic E-state index is -4.99.